The first-order valence-electron chi connectivity index (χ1n) is 6.20. The number of amides is 2. The molecule has 1 aromatic rings. The van der Waals surface area contributed by atoms with Crippen LogP contribution in [0.25, 0.3) is 0 Å². The Kier molecular flexibility index (Phi) is 4.94. The Bertz CT molecular complexity index is 510. The first-order valence-corrected chi connectivity index (χ1v) is 7.00. The molecule has 1 aromatic carbocycles. The topological polar surface area (TPSA) is 98.2 Å². The minimum atomic E-state index is -1.17. The smallest absolute Gasteiger partial charge is 0.244 e. The Labute approximate surface area is 127 Å². The van der Waals surface area contributed by atoms with Crippen molar-refractivity contribution in [1.29, 1.82) is 0 Å². The van der Waals surface area contributed by atoms with Gasteiger partial charge in [-0.05, 0) is 38.5 Å². The highest BCUT2D eigenvalue weighted by Gasteiger charge is 2.33. The number of hydrogen-bond donors (Lipinski definition) is 3. The molecule has 0 aromatic heterocycles. The number of hydrogen-bond acceptors (Lipinski definition) is 3. The van der Waals surface area contributed by atoms with Gasteiger partial charge < -0.3 is 16.8 Å². The van der Waals surface area contributed by atoms with E-state index < -0.39 is 16.9 Å². The van der Waals surface area contributed by atoms with Crippen molar-refractivity contribution in [2.45, 2.75) is 26.3 Å². The molecule has 0 saturated carbocycles. The summed E-state index contributed by atoms with van der Waals surface area (Å²) in [6, 6.07) is 7.20. The molecule has 5 nitrogen and oxygen atoms in total. The summed E-state index contributed by atoms with van der Waals surface area (Å²) >= 11 is 3.33. The van der Waals surface area contributed by atoms with Crippen LogP contribution < -0.4 is 16.8 Å². The average molecular weight is 342 g/mol. The Morgan fingerprint density at radius 2 is 1.70 bits per heavy atom. The molecule has 0 aliphatic rings. The first kappa shape index (κ1) is 16.7. The van der Waals surface area contributed by atoms with Crippen LogP contribution in [-0.2, 0) is 15.1 Å². The summed E-state index contributed by atoms with van der Waals surface area (Å²) in [7, 11) is 0. The number of carbonyl (C=O) groups is 2. The number of nitrogens with one attached hydrogen (secondary N) is 1. The maximum absolute atomic E-state index is 12.2. The third-order valence-electron chi connectivity index (χ3n) is 3.27. The molecule has 2 amide bonds. The minimum Gasteiger partial charge on any atom is -0.369 e. The number of halogens is 1. The van der Waals surface area contributed by atoms with Gasteiger partial charge in [0.1, 0.15) is 5.54 Å². The molecule has 0 bridgehead atoms. The molecule has 0 spiro atoms. The zero-order valence-electron chi connectivity index (χ0n) is 11.9. The highest BCUT2D eigenvalue weighted by Crippen LogP contribution is 2.21. The minimum absolute atomic E-state index is 0.143. The molecule has 0 heterocycles. The molecule has 5 N–H and O–H groups in total. The lowest BCUT2D eigenvalue weighted by Gasteiger charge is -2.27. The van der Waals surface area contributed by atoms with E-state index in [0.717, 1.165) is 4.47 Å². The Morgan fingerprint density at radius 3 is 2.15 bits per heavy atom. The van der Waals surface area contributed by atoms with E-state index in [0.29, 0.717) is 5.56 Å². The molecule has 0 fully saturated rings. The zero-order valence-corrected chi connectivity index (χ0v) is 13.5. The van der Waals surface area contributed by atoms with Gasteiger partial charge in [0.2, 0.25) is 11.8 Å². The maximum Gasteiger partial charge on any atom is 0.244 e. The first-order chi connectivity index (χ1) is 9.07. The van der Waals surface area contributed by atoms with Crippen LogP contribution in [0.2, 0.25) is 0 Å². The van der Waals surface area contributed by atoms with Crippen LogP contribution in [0, 0.1) is 5.41 Å². The molecule has 110 valence electrons. The van der Waals surface area contributed by atoms with Crippen molar-refractivity contribution in [1.82, 2.24) is 5.32 Å². The summed E-state index contributed by atoms with van der Waals surface area (Å²) < 4.78 is 0.910. The fourth-order valence-corrected chi connectivity index (χ4v) is 1.76. The van der Waals surface area contributed by atoms with E-state index in [1.165, 1.54) is 0 Å². The fraction of sp³-hybridized carbons (Fsp3) is 0.429. The Balaban J connectivity index is 2.80. The summed E-state index contributed by atoms with van der Waals surface area (Å²) in [5.41, 5.74) is 10.1. The van der Waals surface area contributed by atoms with Crippen molar-refractivity contribution in [3.8, 4) is 0 Å². The number of nitrogens with two attached hydrogens (primary N) is 2. The lowest BCUT2D eigenvalue weighted by atomic mass is 9.90. The summed E-state index contributed by atoms with van der Waals surface area (Å²) in [4.78, 5) is 23.4. The zero-order chi connectivity index (χ0) is 15.6. The van der Waals surface area contributed by atoms with Crippen LogP contribution in [0.15, 0.2) is 28.7 Å². The summed E-state index contributed by atoms with van der Waals surface area (Å²) in [6.07, 6.45) is 0. The van der Waals surface area contributed by atoms with Gasteiger partial charge in [0.25, 0.3) is 0 Å². The van der Waals surface area contributed by atoms with Gasteiger partial charge >= 0.3 is 0 Å². The van der Waals surface area contributed by atoms with E-state index in [1.54, 1.807) is 32.9 Å². The Morgan fingerprint density at radius 1 is 1.20 bits per heavy atom. The molecular formula is C14H20BrN3O2. The molecule has 0 saturated heterocycles. The summed E-state index contributed by atoms with van der Waals surface area (Å²) in [5.74, 6) is -0.825. The van der Waals surface area contributed by atoms with Crippen molar-refractivity contribution in [2.24, 2.45) is 16.9 Å². The number of benzene rings is 1. The van der Waals surface area contributed by atoms with Crippen LogP contribution in [-0.4, -0.2) is 18.4 Å². The predicted octanol–water partition coefficient (Wildman–Crippen LogP) is 1.25. The summed E-state index contributed by atoms with van der Waals surface area (Å²) in [6.45, 7) is 5.11. The predicted molar refractivity (Wildman–Crippen MR) is 81.7 cm³/mol. The van der Waals surface area contributed by atoms with E-state index in [2.05, 4.69) is 21.2 Å². The van der Waals surface area contributed by atoms with Gasteiger partial charge in [0.15, 0.2) is 0 Å². The van der Waals surface area contributed by atoms with Crippen LogP contribution in [0.1, 0.15) is 26.3 Å². The second kappa shape index (κ2) is 5.93. The van der Waals surface area contributed by atoms with Crippen LogP contribution >= 0.6 is 15.9 Å². The molecule has 1 unspecified atom stereocenters. The highest BCUT2D eigenvalue weighted by molar-refractivity contribution is 9.10. The van der Waals surface area contributed by atoms with Gasteiger partial charge in [0.05, 0.1) is 5.41 Å². The Hall–Kier alpha value is -1.40. The van der Waals surface area contributed by atoms with E-state index in [4.69, 9.17) is 11.5 Å². The van der Waals surface area contributed by atoms with Crippen molar-refractivity contribution in [2.75, 3.05) is 6.54 Å². The number of primary amides is 1. The maximum atomic E-state index is 12.2. The third kappa shape index (κ3) is 3.80. The highest BCUT2D eigenvalue weighted by atomic mass is 79.9. The molecule has 0 aliphatic heterocycles. The average Bonchev–Trinajstić information content (AvgIpc) is 2.36. The van der Waals surface area contributed by atoms with Crippen molar-refractivity contribution in [3.63, 3.8) is 0 Å². The number of rotatable bonds is 5. The van der Waals surface area contributed by atoms with Crippen LogP contribution in [0.4, 0.5) is 0 Å². The van der Waals surface area contributed by atoms with Gasteiger partial charge in [-0.2, -0.15) is 0 Å². The van der Waals surface area contributed by atoms with E-state index in [1.807, 2.05) is 12.1 Å². The summed E-state index contributed by atoms with van der Waals surface area (Å²) in [5, 5.41) is 2.68. The molecular weight excluding hydrogens is 322 g/mol. The van der Waals surface area contributed by atoms with E-state index in [9.17, 15) is 9.59 Å². The second-order valence-corrected chi connectivity index (χ2v) is 6.56. The van der Waals surface area contributed by atoms with E-state index in [-0.39, 0.29) is 12.5 Å². The fourth-order valence-electron chi connectivity index (χ4n) is 1.50. The largest absolute Gasteiger partial charge is 0.369 e. The van der Waals surface area contributed by atoms with Gasteiger partial charge in [-0.15, -0.1) is 0 Å². The molecule has 0 aliphatic carbocycles. The van der Waals surface area contributed by atoms with Gasteiger partial charge in [-0.1, -0.05) is 28.1 Å². The van der Waals surface area contributed by atoms with Crippen LogP contribution in [0.5, 0.6) is 0 Å². The molecule has 0 radical (unpaired) electrons. The molecule has 1 atom stereocenters. The normalized spacial score (nSPS) is 14.4. The standard InChI is InChI=1S/C14H20BrN3O2/c1-13(2,11(16)19)8-18-12(20)14(3,17)9-4-6-10(15)7-5-9/h4-7H,8,17H2,1-3H3,(H2,16,19)(H,18,20). The van der Waals surface area contributed by atoms with Gasteiger partial charge in [-0.25, -0.2) is 0 Å². The molecule has 20 heavy (non-hydrogen) atoms. The van der Waals surface area contributed by atoms with Crippen molar-refractivity contribution >= 4 is 27.7 Å². The molecule has 6 heteroatoms. The SMILES string of the molecule is CC(C)(CNC(=O)C(C)(N)c1ccc(Br)cc1)C(N)=O. The van der Waals surface area contributed by atoms with Crippen LogP contribution in [0.3, 0.4) is 0 Å². The third-order valence-corrected chi connectivity index (χ3v) is 3.80. The monoisotopic (exact) mass is 341 g/mol. The lowest BCUT2D eigenvalue weighted by Crippen LogP contribution is -2.52. The second-order valence-electron chi connectivity index (χ2n) is 5.64. The van der Waals surface area contributed by atoms with Crippen molar-refractivity contribution in [3.05, 3.63) is 34.3 Å². The molecule has 1 rings (SSSR count). The van der Waals surface area contributed by atoms with E-state index >= 15 is 0 Å². The lowest BCUT2D eigenvalue weighted by molar-refractivity contribution is -0.129. The quantitative estimate of drug-likeness (QED) is 0.751. The van der Waals surface area contributed by atoms with Gasteiger partial charge in [-0.3, -0.25) is 9.59 Å². The number of carbonyl (C=O) groups excluding carboxylic acids is 2. The van der Waals surface area contributed by atoms with Crippen molar-refractivity contribution < 1.29 is 9.59 Å². The van der Waals surface area contributed by atoms with Gasteiger partial charge in [0, 0.05) is 11.0 Å².